The normalized spacial score (nSPS) is 11.4. The zero-order valence-electron chi connectivity index (χ0n) is 7.04. The minimum absolute atomic E-state index is 0.179. The molecular formula is C9H8F2N2. The lowest BCUT2D eigenvalue weighted by Crippen LogP contribution is -1.97. The van der Waals surface area contributed by atoms with Crippen LogP contribution in [-0.4, -0.2) is 9.55 Å². The third-order valence-electron chi connectivity index (χ3n) is 2.02. The monoisotopic (exact) mass is 182 g/mol. The van der Waals surface area contributed by atoms with E-state index in [1.165, 1.54) is 4.57 Å². The van der Waals surface area contributed by atoms with Gasteiger partial charge in [0.2, 0.25) is 0 Å². The van der Waals surface area contributed by atoms with E-state index < -0.39 is 6.43 Å². The van der Waals surface area contributed by atoms with Crippen LogP contribution >= 0.6 is 0 Å². The molecule has 0 radical (unpaired) electrons. The minimum Gasteiger partial charge on any atom is -0.326 e. The zero-order valence-corrected chi connectivity index (χ0v) is 7.04. The predicted molar refractivity (Wildman–Crippen MR) is 45.7 cm³/mol. The summed E-state index contributed by atoms with van der Waals surface area (Å²) in [6, 6.07) is 7.08. The van der Waals surface area contributed by atoms with Crippen LogP contribution in [-0.2, 0) is 7.05 Å². The van der Waals surface area contributed by atoms with E-state index in [4.69, 9.17) is 0 Å². The van der Waals surface area contributed by atoms with E-state index >= 15 is 0 Å². The Hall–Kier alpha value is -1.45. The summed E-state index contributed by atoms with van der Waals surface area (Å²) in [5.41, 5.74) is 1.35. The molecule has 2 aromatic rings. The number of imidazole rings is 1. The van der Waals surface area contributed by atoms with Crippen LogP contribution in [0.4, 0.5) is 8.78 Å². The van der Waals surface area contributed by atoms with Crippen molar-refractivity contribution in [3.05, 3.63) is 30.1 Å². The second-order valence-corrected chi connectivity index (χ2v) is 2.82. The van der Waals surface area contributed by atoms with E-state index in [0.717, 1.165) is 5.52 Å². The lowest BCUT2D eigenvalue weighted by atomic mass is 10.3. The van der Waals surface area contributed by atoms with Crippen molar-refractivity contribution in [3.8, 4) is 0 Å². The highest BCUT2D eigenvalue weighted by Gasteiger charge is 2.15. The van der Waals surface area contributed by atoms with Crippen LogP contribution in [0.15, 0.2) is 24.3 Å². The molecule has 0 aliphatic heterocycles. The Balaban J connectivity index is 2.74. The van der Waals surface area contributed by atoms with Gasteiger partial charge in [-0.05, 0) is 12.1 Å². The molecule has 0 unspecified atom stereocenters. The predicted octanol–water partition coefficient (Wildman–Crippen LogP) is 2.51. The zero-order chi connectivity index (χ0) is 9.42. The molecule has 0 bridgehead atoms. The van der Waals surface area contributed by atoms with E-state index in [-0.39, 0.29) is 5.82 Å². The lowest BCUT2D eigenvalue weighted by molar-refractivity contribution is 0.137. The van der Waals surface area contributed by atoms with Gasteiger partial charge in [0.1, 0.15) is 0 Å². The summed E-state index contributed by atoms with van der Waals surface area (Å²) in [5.74, 6) is -0.179. The molecule has 0 atom stereocenters. The molecule has 2 rings (SSSR count). The van der Waals surface area contributed by atoms with Gasteiger partial charge in [-0.15, -0.1) is 0 Å². The van der Waals surface area contributed by atoms with Crippen molar-refractivity contribution in [1.29, 1.82) is 0 Å². The average molecular weight is 182 g/mol. The summed E-state index contributed by atoms with van der Waals surface area (Å²) in [5, 5.41) is 0. The van der Waals surface area contributed by atoms with Gasteiger partial charge >= 0.3 is 0 Å². The fourth-order valence-corrected chi connectivity index (χ4v) is 1.36. The van der Waals surface area contributed by atoms with Crippen molar-refractivity contribution in [2.75, 3.05) is 0 Å². The van der Waals surface area contributed by atoms with E-state index in [1.807, 2.05) is 0 Å². The maximum atomic E-state index is 12.4. The van der Waals surface area contributed by atoms with E-state index in [2.05, 4.69) is 4.98 Å². The Kier molecular flexibility index (Phi) is 1.76. The summed E-state index contributed by atoms with van der Waals surface area (Å²) in [7, 11) is 1.59. The van der Waals surface area contributed by atoms with Crippen molar-refractivity contribution in [1.82, 2.24) is 9.55 Å². The summed E-state index contributed by atoms with van der Waals surface area (Å²) in [4.78, 5) is 3.82. The Labute approximate surface area is 73.8 Å². The molecule has 0 saturated heterocycles. The van der Waals surface area contributed by atoms with Gasteiger partial charge in [0, 0.05) is 7.05 Å². The topological polar surface area (TPSA) is 17.8 Å². The molecule has 0 aliphatic rings. The number of hydrogen-bond donors (Lipinski definition) is 0. The van der Waals surface area contributed by atoms with E-state index in [9.17, 15) is 8.78 Å². The van der Waals surface area contributed by atoms with E-state index in [1.54, 1.807) is 31.3 Å². The quantitative estimate of drug-likeness (QED) is 0.662. The number of fused-ring (bicyclic) bond motifs is 1. The Morgan fingerprint density at radius 1 is 1.31 bits per heavy atom. The van der Waals surface area contributed by atoms with Gasteiger partial charge < -0.3 is 4.57 Å². The third kappa shape index (κ3) is 1.18. The molecule has 13 heavy (non-hydrogen) atoms. The molecule has 1 aromatic carbocycles. The fourth-order valence-electron chi connectivity index (χ4n) is 1.36. The number of nitrogens with zero attached hydrogens (tertiary/aromatic N) is 2. The molecule has 2 nitrogen and oxygen atoms in total. The largest absolute Gasteiger partial charge is 0.326 e. The first-order valence-corrected chi connectivity index (χ1v) is 3.89. The van der Waals surface area contributed by atoms with Gasteiger partial charge in [-0.1, -0.05) is 12.1 Å². The molecular weight excluding hydrogens is 174 g/mol. The SMILES string of the molecule is Cn1c(C(F)F)nc2ccccc21. The van der Waals surface area contributed by atoms with Gasteiger partial charge in [0.25, 0.3) is 6.43 Å². The number of aryl methyl sites for hydroxylation is 1. The Morgan fingerprint density at radius 3 is 2.62 bits per heavy atom. The molecule has 1 aromatic heterocycles. The number of rotatable bonds is 1. The number of halogens is 2. The van der Waals surface area contributed by atoms with Crippen LogP contribution in [0.1, 0.15) is 12.2 Å². The highest BCUT2D eigenvalue weighted by molar-refractivity contribution is 5.75. The number of hydrogen-bond acceptors (Lipinski definition) is 1. The van der Waals surface area contributed by atoms with Crippen molar-refractivity contribution in [3.63, 3.8) is 0 Å². The second kappa shape index (κ2) is 2.80. The van der Waals surface area contributed by atoms with Crippen LogP contribution in [0.3, 0.4) is 0 Å². The summed E-state index contributed by atoms with van der Waals surface area (Å²) in [6.07, 6.45) is -2.52. The molecule has 0 amide bonds. The maximum Gasteiger partial charge on any atom is 0.295 e. The minimum atomic E-state index is -2.52. The van der Waals surface area contributed by atoms with Crippen LogP contribution in [0.25, 0.3) is 11.0 Å². The van der Waals surface area contributed by atoms with Gasteiger partial charge in [0.15, 0.2) is 5.82 Å². The summed E-state index contributed by atoms with van der Waals surface area (Å²) in [6.45, 7) is 0. The number of aromatic nitrogens is 2. The van der Waals surface area contributed by atoms with Crippen LogP contribution in [0.2, 0.25) is 0 Å². The van der Waals surface area contributed by atoms with Crippen LogP contribution < -0.4 is 0 Å². The Morgan fingerprint density at radius 2 is 2.00 bits per heavy atom. The average Bonchev–Trinajstić information content (AvgIpc) is 2.45. The highest BCUT2D eigenvalue weighted by atomic mass is 19.3. The molecule has 0 saturated carbocycles. The van der Waals surface area contributed by atoms with Gasteiger partial charge in [-0.3, -0.25) is 0 Å². The fraction of sp³-hybridized carbons (Fsp3) is 0.222. The highest BCUT2D eigenvalue weighted by Crippen LogP contribution is 2.22. The van der Waals surface area contributed by atoms with Crippen molar-refractivity contribution < 1.29 is 8.78 Å². The molecule has 0 spiro atoms. The second-order valence-electron chi connectivity index (χ2n) is 2.82. The Bertz CT molecular complexity index is 434. The van der Waals surface area contributed by atoms with E-state index in [0.29, 0.717) is 5.52 Å². The number of alkyl halides is 2. The number of benzene rings is 1. The third-order valence-corrected chi connectivity index (χ3v) is 2.02. The van der Waals surface area contributed by atoms with Crippen LogP contribution in [0, 0.1) is 0 Å². The van der Waals surface area contributed by atoms with Crippen molar-refractivity contribution in [2.45, 2.75) is 6.43 Å². The lowest BCUT2D eigenvalue weighted by Gasteiger charge is -1.98. The first kappa shape index (κ1) is 8.16. The molecule has 0 N–H and O–H groups in total. The first-order valence-electron chi connectivity index (χ1n) is 3.89. The van der Waals surface area contributed by atoms with Gasteiger partial charge in [-0.2, -0.15) is 0 Å². The molecule has 1 heterocycles. The first-order chi connectivity index (χ1) is 6.20. The van der Waals surface area contributed by atoms with Crippen molar-refractivity contribution >= 4 is 11.0 Å². The molecule has 4 heteroatoms. The van der Waals surface area contributed by atoms with Crippen molar-refractivity contribution in [2.24, 2.45) is 7.05 Å². The molecule has 0 aliphatic carbocycles. The maximum absolute atomic E-state index is 12.4. The molecule has 68 valence electrons. The summed E-state index contributed by atoms with van der Waals surface area (Å²) < 4.78 is 26.2. The van der Waals surface area contributed by atoms with Gasteiger partial charge in [0.05, 0.1) is 11.0 Å². The smallest absolute Gasteiger partial charge is 0.295 e. The molecule has 0 fully saturated rings. The standard InChI is InChI=1S/C9H8F2N2/c1-13-7-5-3-2-4-6(7)12-9(13)8(10)11/h2-5,8H,1H3. The summed E-state index contributed by atoms with van der Waals surface area (Å²) >= 11 is 0. The number of para-hydroxylation sites is 2. The van der Waals surface area contributed by atoms with Crippen LogP contribution in [0.5, 0.6) is 0 Å². The van der Waals surface area contributed by atoms with Gasteiger partial charge in [-0.25, -0.2) is 13.8 Å².